The number of benzene rings is 8. The van der Waals surface area contributed by atoms with Gasteiger partial charge in [0, 0.05) is 99.6 Å². The second-order valence-corrected chi connectivity index (χ2v) is 35.8. The molecule has 8 saturated heterocycles. The van der Waals surface area contributed by atoms with Crippen LogP contribution in [0.1, 0.15) is 135 Å². The lowest BCUT2D eigenvalue weighted by Gasteiger charge is -2.34. The molecule has 10 aromatic rings. The Balaban J connectivity index is 0.000000161. The molecule has 8 aromatic carbocycles. The highest BCUT2D eigenvalue weighted by atomic mass is 16.7. The summed E-state index contributed by atoms with van der Waals surface area (Å²) >= 11 is 0. The molecule has 0 bridgehead atoms. The summed E-state index contributed by atoms with van der Waals surface area (Å²) in [5, 5.41) is 27.5. The molecule has 8 fully saturated rings. The van der Waals surface area contributed by atoms with Crippen LogP contribution in [0, 0.1) is 11.8 Å². The summed E-state index contributed by atoms with van der Waals surface area (Å²) in [6.45, 7) is 6.00. The largest absolute Gasteiger partial charge is 0.479 e. The third kappa shape index (κ3) is 21.1. The Labute approximate surface area is 791 Å². The average Bonchev–Trinajstić information content (AvgIpc) is 1.60. The number of likely N-dealkylation sites (tertiary alicyclic amines) is 3. The summed E-state index contributed by atoms with van der Waals surface area (Å²) in [6, 6.07) is 56.5. The van der Waals surface area contributed by atoms with Gasteiger partial charge in [-0.05, 0) is 171 Å². The number of aromatic nitrogens is 4. The number of amides is 7. The number of hydrogen-bond donors (Lipinski definition) is 8. The SMILES string of the molecule is COC(=O)N[C@@H](C(=O)O)c1ccccc1.COC(=O)N[C@H](C(=O)N1CC2(C[C@H]1c1ncc(-c3ccc4cc(-c5ccc(C6=CN=C([C@@H]7CCCN7)C6)cc5)ccc4c3)[nH]1)OCCO2)C1CCOCC1.COC(=O)N[C@H](C(=O)N1CC2(C[C@H]1c1ncc(-c3ccc4cc(-c5ccc(C6=CN=C([C@@H]7CCCN7C(=O)[C@H](NC(=O)OC)c7ccccc7)C6)cc5)ccc4c3)[nH]1)OCCO2)C1CCOCC1. The third-order valence-electron chi connectivity index (χ3n) is 27.6. The number of aliphatic carboxylic acids is 1. The van der Waals surface area contributed by atoms with E-state index in [1.54, 1.807) is 46.3 Å². The highest BCUT2D eigenvalue weighted by Gasteiger charge is 2.56. The first-order valence-corrected chi connectivity index (χ1v) is 46.8. The molecule has 33 heteroatoms. The van der Waals surface area contributed by atoms with E-state index in [0.717, 1.165) is 103 Å². The first-order chi connectivity index (χ1) is 66.8. The van der Waals surface area contributed by atoms with Gasteiger partial charge >= 0.3 is 30.3 Å². The summed E-state index contributed by atoms with van der Waals surface area (Å²) < 4.78 is 54.6. The van der Waals surface area contributed by atoms with Crippen molar-refractivity contribution in [2.24, 2.45) is 21.8 Å². The molecule has 20 rings (SSSR count). The van der Waals surface area contributed by atoms with Crippen molar-refractivity contribution in [2.45, 2.75) is 137 Å². The molecule has 2 aromatic heterocycles. The van der Waals surface area contributed by atoms with Gasteiger partial charge in [0.2, 0.25) is 17.7 Å². The molecule has 137 heavy (non-hydrogen) atoms. The first-order valence-electron chi connectivity index (χ1n) is 46.8. The van der Waals surface area contributed by atoms with E-state index < -0.39 is 78.2 Å². The number of carboxylic acid groups (broad SMARTS) is 1. The van der Waals surface area contributed by atoms with Crippen LogP contribution in [-0.4, -0.2) is 242 Å². The van der Waals surface area contributed by atoms with Gasteiger partial charge in [0.15, 0.2) is 17.6 Å². The summed E-state index contributed by atoms with van der Waals surface area (Å²) in [7, 11) is 5.07. The van der Waals surface area contributed by atoms with E-state index in [9.17, 15) is 38.4 Å². The number of H-pyrrole nitrogens is 2. The quantitative estimate of drug-likeness (QED) is 0.0292. The van der Waals surface area contributed by atoms with Gasteiger partial charge in [-0.25, -0.2) is 33.9 Å². The van der Waals surface area contributed by atoms with Gasteiger partial charge in [-0.2, -0.15) is 0 Å². The molecular formula is C104H112N14O19. The second-order valence-electron chi connectivity index (χ2n) is 35.8. The van der Waals surface area contributed by atoms with Crippen LogP contribution < -0.4 is 26.6 Å². The Hall–Kier alpha value is -13.8. The molecule has 12 heterocycles. The van der Waals surface area contributed by atoms with Crippen molar-refractivity contribution in [2.75, 3.05) is 107 Å². The maximum atomic E-state index is 14.5. The fraction of sp³-hybridized carbons (Fsp3) is 0.385. The first kappa shape index (κ1) is 93.6. The molecule has 10 aliphatic heterocycles. The molecule has 0 radical (unpaired) electrons. The van der Waals surface area contributed by atoms with E-state index >= 15 is 0 Å². The number of carboxylic acids is 1. The van der Waals surface area contributed by atoms with Gasteiger partial charge in [-0.3, -0.25) is 24.4 Å². The Kier molecular flexibility index (Phi) is 28.8. The zero-order valence-electron chi connectivity index (χ0n) is 76.8. The number of rotatable bonds is 22. The van der Waals surface area contributed by atoms with Crippen LogP contribution in [-0.2, 0) is 66.5 Å². The van der Waals surface area contributed by atoms with E-state index in [4.69, 9.17) is 67.7 Å². The van der Waals surface area contributed by atoms with E-state index in [1.807, 2.05) is 53.8 Å². The summed E-state index contributed by atoms with van der Waals surface area (Å²) in [4.78, 5) is 133. The summed E-state index contributed by atoms with van der Waals surface area (Å²) in [6.07, 6.45) is 13.8. The Morgan fingerprint density at radius 2 is 0.810 bits per heavy atom. The van der Waals surface area contributed by atoms with Crippen molar-refractivity contribution in [1.29, 1.82) is 0 Å². The van der Waals surface area contributed by atoms with Crippen LogP contribution in [0.2, 0.25) is 0 Å². The number of aliphatic imine (C=N–C) groups is 2. The zero-order valence-corrected chi connectivity index (χ0v) is 76.8. The zero-order chi connectivity index (χ0) is 94.7. The monoisotopic (exact) mass is 1860 g/mol. The minimum Gasteiger partial charge on any atom is -0.479 e. The number of carbonyl (C=O) groups is 8. The minimum atomic E-state index is -1.13. The minimum absolute atomic E-state index is 0.0882. The molecule has 0 aliphatic carbocycles. The Bertz CT molecular complexity index is 6190. The molecular weight excluding hydrogens is 1750 g/mol. The lowest BCUT2D eigenvalue weighted by molar-refractivity contribution is -0.154. The molecule has 8 atom stereocenters. The van der Waals surface area contributed by atoms with Gasteiger partial charge in [0.25, 0.3) is 0 Å². The van der Waals surface area contributed by atoms with Crippen molar-refractivity contribution in [1.82, 2.24) is 61.2 Å². The van der Waals surface area contributed by atoms with Crippen molar-refractivity contribution in [3.05, 3.63) is 241 Å². The number of methoxy groups -OCH3 is 4. The molecule has 2 spiro atoms. The maximum absolute atomic E-state index is 14.5. The lowest BCUT2D eigenvalue weighted by atomic mass is 9.90. The van der Waals surface area contributed by atoms with Crippen molar-refractivity contribution < 1.29 is 90.8 Å². The van der Waals surface area contributed by atoms with Gasteiger partial charge in [-0.1, -0.05) is 158 Å². The number of hydrogen-bond acceptors (Lipinski definition) is 23. The van der Waals surface area contributed by atoms with Crippen molar-refractivity contribution in [3.8, 4) is 44.8 Å². The molecule has 33 nitrogen and oxygen atoms in total. The van der Waals surface area contributed by atoms with Crippen LogP contribution in [0.5, 0.6) is 0 Å². The van der Waals surface area contributed by atoms with Gasteiger partial charge in [0.05, 0.1) is 110 Å². The fourth-order valence-electron chi connectivity index (χ4n) is 20.3. The number of allylic oxidation sites excluding steroid dienone is 2. The number of alkyl carbamates (subject to hydrolysis) is 4. The Morgan fingerprint density at radius 3 is 1.24 bits per heavy atom. The maximum Gasteiger partial charge on any atom is 0.407 e. The Morgan fingerprint density at radius 1 is 0.416 bits per heavy atom. The number of nitrogens with one attached hydrogen (secondary N) is 7. The van der Waals surface area contributed by atoms with E-state index in [2.05, 4.69) is 163 Å². The van der Waals surface area contributed by atoms with Crippen molar-refractivity contribution in [3.63, 3.8) is 0 Å². The molecule has 712 valence electrons. The fourth-order valence-corrected chi connectivity index (χ4v) is 20.3. The number of ether oxygens (including phenoxy) is 10. The summed E-state index contributed by atoms with van der Waals surface area (Å²) in [5.41, 5.74) is 16.2. The predicted molar refractivity (Wildman–Crippen MR) is 510 cm³/mol. The molecule has 0 saturated carbocycles. The average molecular weight is 1860 g/mol. The normalized spacial score (nSPS) is 20.9. The number of carbonyl (C=O) groups excluding carboxylic acids is 7. The van der Waals surface area contributed by atoms with E-state index in [0.29, 0.717) is 133 Å². The number of aromatic amines is 2. The van der Waals surface area contributed by atoms with Crippen LogP contribution in [0.15, 0.2) is 217 Å². The van der Waals surface area contributed by atoms with Crippen LogP contribution in [0.4, 0.5) is 19.2 Å². The standard InChI is InChI=1S/C52H55N7O9.C42H46N6O6.C10H11NO4/c1-64-50(62)56-45(34-7-4-3-5-8-34)48(60)58-20-6-9-43(58)41-27-40(29-53-41)33-12-10-32(11-13-33)36-14-15-38-26-39(17-16-37(38)25-36)42-30-54-47(55-42)44-28-52(67-23-24-68-52)31-59(44)49(61)46(57-51(63)65-2)35-18-21-66-22-19-35;1-51-41(50)47-38(28-12-15-52-16-13-28)40(49)48-25-42(53-17-18-54-42)22-37(48)39-45-24-36(46-39)32-11-10-30-19-29(8-9-31(30)20-32)26-4-6-27(7-5-26)33-21-35(44-23-33)34-3-2-14-43-34;1-15-10(14)11-8(9(12)13)7-5-3-2-4-6-7/h3-5,7-8,10-17,25-26,29-30,35,43-46H,6,9,18-24,27-28,31H2,1-2H3,(H,54,55)(H,56,62)(H,57,63);4-11,19-20,23-24,28,34,37-38,43H,2-3,12-18,21-22,25H2,1H3,(H,45,46)(H,47,50);2-6,8H,1H3,(H,11,14)(H,12,13)/t43-,44-,45+,46-;34-,37-,38-;8-/m001/s1. The van der Waals surface area contributed by atoms with E-state index in [1.165, 1.54) is 63.7 Å². The molecule has 8 N–H and O–H groups in total. The molecule has 7 amide bonds. The highest BCUT2D eigenvalue weighted by molar-refractivity contribution is 6.05. The summed E-state index contributed by atoms with van der Waals surface area (Å²) in [5.74, 6) is -2.57. The third-order valence-corrected chi connectivity index (χ3v) is 27.6. The smallest absolute Gasteiger partial charge is 0.407 e. The van der Waals surface area contributed by atoms with Crippen molar-refractivity contribution >= 4 is 92.2 Å². The predicted octanol–water partition coefficient (Wildman–Crippen LogP) is 14.5. The number of imidazole rings is 2. The van der Waals surface area contributed by atoms with Gasteiger partial charge < -0.3 is 104 Å². The van der Waals surface area contributed by atoms with Crippen LogP contribution in [0.25, 0.3) is 77.5 Å². The second kappa shape index (κ2) is 42.2. The number of nitrogens with zero attached hydrogens (tertiary/aromatic N) is 7. The highest BCUT2D eigenvalue weighted by Crippen LogP contribution is 2.47. The topological polar surface area (TPSA) is 401 Å². The van der Waals surface area contributed by atoms with E-state index in [-0.39, 0.29) is 48.7 Å². The lowest BCUT2D eigenvalue weighted by Crippen LogP contribution is -2.54. The van der Waals surface area contributed by atoms with Gasteiger partial charge in [0.1, 0.15) is 29.8 Å². The van der Waals surface area contributed by atoms with Crippen LogP contribution >= 0.6 is 0 Å². The number of fused-ring (bicyclic) bond motifs is 2. The molecule has 0 unspecified atom stereocenters. The van der Waals surface area contributed by atoms with Crippen LogP contribution in [0.3, 0.4) is 0 Å². The van der Waals surface area contributed by atoms with Gasteiger partial charge in [-0.15, -0.1) is 0 Å². The molecule has 10 aliphatic rings.